The van der Waals surface area contributed by atoms with Crippen LogP contribution in [0.2, 0.25) is 0 Å². The summed E-state index contributed by atoms with van der Waals surface area (Å²) in [6.45, 7) is 6.78. The van der Waals surface area contributed by atoms with Crippen molar-refractivity contribution < 1.29 is 4.74 Å². The molecule has 0 saturated carbocycles. The number of aromatic amines is 1. The van der Waals surface area contributed by atoms with Gasteiger partial charge in [-0.05, 0) is 45.1 Å². The number of H-pyrrole nitrogens is 1. The topological polar surface area (TPSA) is 42.8 Å². The van der Waals surface area contributed by atoms with Crippen molar-refractivity contribution in [1.82, 2.24) is 14.5 Å². The van der Waals surface area contributed by atoms with Gasteiger partial charge in [0.2, 0.25) is 0 Å². The molecule has 0 aliphatic rings. The van der Waals surface area contributed by atoms with Gasteiger partial charge in [-0.1, -0.05) is 6.07 Å². The van der Waals surface area contributed by atoms with E-state index >= 15 is 0 Å². The summed E-state index contributed by atoms with van der Waals surface area (Å²) in [4.78, 5) is 8.76. The Morgan fingerprint density at radius 2 is 2.24 bits per heavy atom. The molecule has 0 atom stereocenters. The first-order valence-electron chi connectivity index (χ1n) is 6.84. The van der Waals surface area contributed by atoms with Crippen molar-refractivity contribution in [2.45, 2.75) is 33.4 Å². The number of para-hydroxylation sites is 1. The Kier molecular flexibility index (Phi) is 3.82. The van der Waals surface area contributed by atoms with Gasteiger partial charge in [-0.2, -0.15) is 0 Å². The average Bonchev–Trinajstić information content (AvgIpc) is 2.96. The van der Waals surface area contributed by atoms with Gasteiger partial charge in [-0.15, -0.1) is 11.3 Å². The number of hydrogen-bond acceptors (Lipinski definition) is 4. The summed E-state index contributed by atoms with van der Waals surface area (Å²) < 4.78 is 8.64. The smallest absolute Gasteiger partial charge is 0.178 e. The van der Waals surface area contributed by atoms with Gasteiger partial charge in [0.05, 0.1) is 23.2 Å². The third kappa shape index (κ3) is 2.87. The fourth-order valence-corrected chi connectivity index (χ4v) is 3.35. The van der Waals surface area contributed by atoms with E-state index in [1.807, 2.05) is 39.1 Å². The van der Waals surface area contributed by atoms with Crippen LogP contribution in [0.5, 0.6) is 5.75 Å². The number of aromatic nitrogens is 3. The minimum absolute atomic E-state index is 0.130. The second kappa shape index (κ2) is 5.61. The molecule has 0 amide bonds. The Bertz CT molecular complexity index is 829. The van der Waals surface area contributed by atoms with E-state index in [1.165, 1.54) is 4.88 Å². The van der Waals surface area contributed by atoms with E-state index in [0.29, 0.717) is 4.77 Å². The number of hydrogen-bond donors (Lipinski definition) is 1. The zero-order valence-electron chi connectivity index (χ0n) is 12.2. The first kappa shape index (κ1) is 14.3. The normalized spacial score (nSPS) is 11.4. The molecule has 2 aromatic heterocycles. The van der Waals surface area contributed by atoms with E-state index in [1.54, 1.807) is 11.3 Å². The van der Waals surface area contributed by atoms with Crippen LogP contribution in [0.15, 0.2) is 24.4 Å². The number of ether oxygens (including phenoxy) is 1. The van der Waals surface area contributed by atoms with Crippen molar-refractivity contribution >= 4 is 34.6 Å². The van der Waals surface area contributed by atoms with E-state index in [0.717, 1.165) is 28.3 Å². The summed E-state index contributed by atoms with van der Waals surface area (Å²) in [6, 6.07) is 6.02. The Morgan fingerprint density at radius 3 is 2.90 bits per heavy atom. The maximum Gasteiger partial charge on any atom is 0.178 e. The standard InChI is InChI=1S/C15H17N3OS2/c1-9(2)19-13-6-4-5-12-14(13)17-15(20)18(12)8-11-7-16-10(3)21-11/h4-7,9H,8H2,1-3H3,(H,17,20). The molecule has 6 heteroatoms. The molecule has 0 saturated heterocycles. The zero-order chi connectivity index (χ0) is 15.0. The molecule has 21 heavy (non-hydrogen) atoms. The van der Waals surface area contributed by atoms with Crippen molar-refractivity contribution in [1.29, 1.82) is 0 Å². The maximum absolute atomic E-state index is 5.85. The second-order valence-electron chi connectivity index (χ2n) is 5.18. The number of benzene rings is 1. The summed E-state index contributed by atoms with van der Waals surface area (Å²) in [6.07, 6.45) is 2.04. The summed E-state index contributed by atoms with van der Waals surface area (Å²) in [5.41, 5.74) is 2.02. The highest BCUT2D eigenvalue weighted by atomic mass is 32.1. The van der Waals surface area contributed by atoms with Crippen LogP contribution in [0.4, 0.5) is 0 Å². The summed E-state index contributed by atoms with van der Waals surface area (Å²) in [5.74, 6) is 0.841. The number of aryl methyl sites for hydroxylation is 1. The molecule has 2 heterocycles. The van der Waals surface area contributed by atoms with Gasteiger partial charge >= 0.3 is 0 Å². The van der Waals surface area contributed by atoms with Crippen LogP contribution in [0.25, 0.3) is 11.0 Å². The predicted octanol–water partition coefficient (Wildman–Crippen LogP) is 4.30. The molecular formula is C15H17N3OS2. The SMILES string of the molecule is Cc1ncc(Cn2c(=S)[nH]c3c(OC(C)C)cccc32)s1. The highest BCUT2D eigenvalue weighted by Crippen LogP contribution is 2.27. The van der Waals surface area contributed by atoms with Crippen LogP contribution < -0.4 is 4.74 Å². The van der Waals surface area contributed by atoms with Crippen LogP contribution in [-0.4, -0.2) is 20.6 Å². The fraction of sp³-hybridized carbons (Fsp3) is 0.333. The van der Waals surface area contributed by atoms with Crippen molar-refractivity contribution in [3.8, 4) is 5.75 Å². The van der Waals surface area contributed by atoms with Gasteiger partial charge in [-0.3, -0.25) is 0 Å². The Labute approximate surface area is 132 Å². The lowest BCUT2D eigenvalue weighted by Crippen LogP contribution is -2.05. The first-order valence-corrected chi connectivity index (χ1v) is 8.06. The van der Waals surface area contributed by atoms with E-state index in [-0.39, 0.29) is 6.10 Å². The number of nitrogens with zero attached hydrogens (tertiary/aromatic N) is 2. The van der Waals surface area contributed by atoms with Crippen molar-refractivity contribution in [3.05, 3.63) is 39.1 Å². The maximum atomic E-state index is 5.85. The fourth-order valence-electron chi connectivity index (χ4n) is 2.30. The molecule has 3 rings (SSSR count). The van der Waals surface area contributed by atoms with Crippen LogP contribution in [-0.2, 0) is 6.54 Å². The number of imidazole rings is 1. The number of fused-ring (bicyclic) bond motifs is 1. The highest BCUT2D eigenvalue weighted by Gasteiger charge is 2.11. The summed E-state index contributed by atoms with van der Waals surface area (Å²) in [5, 5.41) is 1.07. The van der Waals surface area contributed by atoms with Crippen LogP contribution in [0.3, 0.4) is 0 Å². The van der Waals surface area contributed by atoms with E-state index in [4.69, 9.17) is 17.0 Å². The molecule has 0 radical (unpaired) electrons. The minimum Gasteiger partial charge on any atom is -0.489 e. The van der Waals surface area contributed by atoms with Crippen LogP contribution in [0.1, 0.15) is 23.7 Å². The molecule has 1 aromatic carbocycles. The number of nitrogens with one attached hydrogen (secondary N) is 1. The number of rotatable bonds is 4. The van der Waals surface area contributed by atoms with Crippen molar-refractivity contribution in [2.75, 3.05) is 0 Å². The Balaban J connectivity index is 2.07. The van der Waals surface area contributed by atoms with Crippen LogP contribution in [0, 0.1) is 11.7 Å². The molecule has 0 aliphatic heterocycles. The third-order valence-corrected chi connectivity index (χ3v) is 4.34. The van der Waals surface area contributed by atoms with Gasteiger partial charge in [0.15, 0.2) is 4.77 Å². The molecule has 3 aromatic rings. The quantitative estimate of drug-likeness (QED) is 0.729. The van der Waals surface area contributed by atoms with E-state index in [9.17, 15) is 0 Å². The highest BCUT2D eigenvalue weighted by molar-refractivity contribution is 7.71. The van der Waals surface area contributed by atoms with Gasteiger partial charge < -0.3 is 14.3 Å². The Morgan fingerprint density at radius 1 is 1.43 bits per heavy atom. The molecule has 1 N–H and O–H groups in total. The van der Waals surface area contributed by atoms with E-state index < -0.39 is 0 Å². The summed E-state index contributed by atoms with van der Waals surface area (Å²) in [7, 11) is 0. The largest absolute Gasteiger partial charge is 0.489 e. The molecule has 0 fully saturated rings. The molecule has 110 valence electrons. The molecule has 0 spiro atoms. The lowest BCUT2D eigenvalue weighted by Gasteiger charge is -2.10. The molecule has 0 bridgehead atoms. The van der Waals surface area contributed by atoms with Gasteiger partial charge in [0.25, 0.3) is 0 Å². The monoisotopic (exact) mass is 319 g/mol. The molecule has 0 aliphatic carbocycles. The first-order chi connectivity index (χ1) is 10.0. The third-order valence-electron chi connectivity index (χ3n) is 3.12. The van der Waals surface area contributed by atoms with Gasteiger partial charge in [-0.25, -0.2) is 4.98 Å². The predicted molar refractivity (Wildman–Crippen MR) is 88.8 cm³/mol. The van der Waals surface area contributed by atoms with Gasteiger partial charge in [0.1, 0.15) is 11.3 Å². The van der Waals surface area contributed by atoms with Crippen molar-refractivity contribution in [3.63, 3.8) is 0 Å². The zero-order valence-corrected chi connectivity index (χ0v) is 13.8. The van der Waals surface area contributed by atoms with Gasteiger partial charge in [0, 0.05) is 11.1 Å². The lowest BCUT2D eigenvalue weighted by atomic mass is 10.3. The summed E-state index contributed by atoms with van der Waals surface area (Å²) >= 11 is 7.16. The number of thiazole rings is 1. The lowest BCUT2D eigenvalue weighted by molar-refractivity contribution is 0.245. The van der Waals surface area contributed by atoms with Crippen LogP contribution >= 0.6 is 23.6 Å². The Hall–Kier alpha value is -1.66. The molecule has 4 nitrogen and oxygen atoms in total. The van der Waals surface area contributed by atoms with Crippen molar-refractivity contribution in [2.24, 2.45) is 0 Å². The van der Waals surface area contributed by atoms with E-state index in [2.05, 4.69) is 20.6 Å². The molecule has 0 unspecified atom stereocenters. The minimum atomic E-state index is 0.130. The second-order valence-corrected chi connectivity index (χ2v) is 6.88. The average molecular weight is 319 g/mol. The molecular weight excluding hydrogens is 302 g/mol.